The maximum atomic E-state index is 12.3. The Bertz CT molecular complexity index is 1010. The normalized spacial score (nSPS) is 11.0. The summed E-state index contributed by atoms with van der Waals surface area (Å²) in [7, 11) is 0. The smallest absolute Gasteiger partial charge is 0.251 e. The Morgan fingerprint density at radius 3 is 2.92 bits per heavy atom. The van der Waals surface area contributed by atoms with Crippen molar-refractivity contribution < 1.29 is 4.79 Å². The number of H-pyrrole nitrogens is 1. The first-order valence-corrected chi connectivity index (χ1v) is 7.92. The highest BCUT2D eigenvalue weighted by molar-refractivity contribution is 5.97. The number of imidazole rings is 1. The first kappa shape index (κ1) is 14.5. The summed E-state index contributed by atoms with van der Waals surface area (Å²) in [6.07, 6.45) is 3.48. The highest BCUT2D eigenvalue weighted by atomic mass is 16.1. The molecular formula is C20H16N3O. The van der Waals surface area contributed by atoms with E-state index in [2.05, 4.69) is 51.9 Å². The lowest BCUT2D eigenvalue weighted by Crippen LogP contribution is -2.25. The van der Waals surface area contributed by atoms with Crippen molar-refractivity contribution in [3.8, 4) is 0 Å². The fourth-order valence-electron chi connectivity index (χ4n) is 2.94. The SMILES string of the molecule is O=C(NCCc1cccc2ccccc12)c1ccc2[nH][c]nc2c1. The third-order valence-corrected chi connectivity index (χ3v) is 4.19. The van der Waals surface area contributed by atoms with Crippen molar-refractivity contribution in [2.24, 2.45) is 0 Å². The molecule has 0 unspecified atom stereocenters. The van der Waals surface area contributed by atoms with Crippen LogP contribution < -0.4 is 5.32 Å². The Kier molecular flexibility index (Phi) is 3.71. The summed E-state index contributed by atoms with van der Waals surface area (Å²) in [4.78, 5) is 19.3. The summed E-state index contributed by atoms with van der Waals surface area (Å²) in [6, 6.07) is 20.0. The maximum absolute atomic E-state index is 12.3. The van der Waals surface area contributed by atoms with E-state index in [9.17, 15) is 4.79 Å². The minimum absolute atomic E-state index is 0.0832. The van der Waals surface area contributed by atoms with E-state index in [-0.39, 0.29) is 5.91 Å². The van der Waals surface area contributed by atoms with Gasteiger partial charge < -0.3 is 10.3 Å². The maximum Gasteiger partial charge on any atom is 0.251 e. The Morgan fingerprint density at radius 2 is 1.96 bits per heavy atom. The van der Waals surface area contributed by atoms with Crippen LogP contribution in [0.1, 0.15) is 15.9 Å². The van der Waals surface area contributed by atoms with Gasteiger partial charge in [-0.1, -0.05) is 42.5 Å². The summed E-state index contributed by atoms with van der Waals surface area (Å²) < 4.78 is 0. The molecule has 1 radical (unpaired) electrons. The van der Waals surface area contributed by atoms with Gasteiger partial charge in [0, 0.05) is 12.1 Å². The molecule has 0 aliphatic rings. The third-order valence-electron chi connectivity index (χ3n) is 4.19. The fraction of sp³-hybridized carbons (Fsp3) is 0.100. The number of hydrogen-bond acceptors (Lipinski definition) is 2. The summed E-state index contributed by atoms with van der Waals surface area (Å²) >= 11 is 0. The van der Waals surface area contributed by atoms with Gasteiger partial charge in [-0.25, -0.2) is 4.98 Å². The molecule has 2 N–H and O–H groups in total. The molecule has 0 bridgehead atoms. The molecule has 0 saturated heterocycles. The second-order valence-corrected chi connectivity index (χ2v) is 5.72. The molecule has 0 aliphatic heterocycles. The first-order chi connectivity index (χ1) is 11.8. The number of carbonyl (C=O) groups excluding carboxylic acids is 1. The quantitative estimate of drug-likeness (QED) is 0.606. The zero-order chi connectivity index (χ0) is 16.4. The Morgan fingerprint density at radius 1 is 1.08 bits per heavy atom. The minimum Gasteiger partial charge on any atom is -0.352 e. The van der Waals surface area contributed by atoms with E-state index < -0.39 is 0 Å². The standard InChI is InChI=1S/C20H16N3O/c24-20(16-8-9-18-19(12-16)23-13-22-18)21-11-10-15-6-3-5-14-4-1-2-7-17(14)15/h1-9,12H,10-11H2,(H,21,24)(H,22,23). The molecule has 0 saturated carbocycles. The van der Waals surface area contributed by atoms with Gasteiger partial charge >= 0.3 is 0 Å². The number of amides is 1. The Balaban J connectivity index is 1.45. The highest BCUT2D eigenvalue weighted by Gasteiger charge is 2.07. The van der Waals surface area contributed by atoms with Crippen molar-refractivity contribution >= 4 is 27.7 Å². The number of fused-ring (bicyclic) bond motifs is 2. The molecule has 3 aromatic carbocycles. The number of benzene rings is 3. The van der Waals surface area contributed by atoms with E-state index in [0.717, 1.165) is 17.5 Å². The Labute approximate surface area is 139 Å². The second-order valence-electron chi connectivity index (χ2n) is 5.72. The number of aromatic amines is 1. The molecule has 1 amide bonds. The largest absolute Gasteiger partial charge is 0.352 e. The third kappa shape index (κ3) is 2.74. The van der Waals surface area contributed by atoms with Gasteiger partial charge in [0.1, 0.15) is 0 Å². The van der Waals surface area contributed by atoms with Gasteiger partial charge in [0.15, 0.2) is 6.33 Å². The predicted octanol–water partition coefficient (Wildman–Crippen LogP) is 3.49. The van der Waals surface area contributed by atoms with Crippen LogP contribution in [0.2, 0.25) is 0 Å². The predicted molar refractivity (Wildman–Crippen MR) is 94.9 cm³/mol. The van der Waals surface area contributed by atoms with Crippen molar-refractivity contribution in [1.29, 1.82) is 0 Å². The van der Waals surface area contributed by atoms with Crippen LogP contribution in [-0.2, 0) is 6.42 Å². The number of carbonyl (C=O) groups is 1. The zero-order valence-corrected chi connectivity index (χ0v) is 13.0. The first-order valence-electron chi connectivity index (χ1n) is 7.92. The van der Waals surface area contributed by atoms with Gasteiger partial charge in [-0.15, -0.1) is 0 Å². The van der Waals surface area contributed by atoms with Crippen molar-refractivity contribution in [2.45, 2.75) is 6.42 Å². The van der Waals surface area contributed by atoms with Crippen LogP contribution in [0.4, 0.5) is 0 Å². The van der Waals surface area contributed by atoms with E-state index in [1.807, 2.05) is 18.2 Å². The highest BCUT2D eigenvalue weighted by Crippen LogP contribution is 2.18. The van der Waals surface area contributed by atoms with Crippen LogP contribution in [-0.4, -0.2) is 22.4 Å². The Hall–Kier alpha value is -3.14. The van der Waals surface area contributed by atoms with Gasteiger partial charge in [-0.2, -0.15) is 0 Å². The van der Waals surface area contributed by atoms with Crippen LogP contribution in [0.25, 0.3) is 21.8 Å². The molecule has 4 nitrogen and oxygen atoms in total. The molecular weight excluding hydrogens is 298 g/mol. The van der Waals surface area contributed by atoms with Gasteiger partial charge in [0.25, 0.3) is 5.91 Å². The monoisotopic (exact) mass is 314 g/mol. The van der Waals surface area contributed by atoms with Crippen LogP contribution >= 0.6 is 0 Å². The molecule has 4 rings (SSSR count). The number of nitrogens with one attached hydrogen (secondary N) is 2. The van der Waals surface area contributed by atoms with E-state index in [1.165, 1.54) is 16.3 Å². The van der Waals surface area contributed by atoms with Crippen molar-refractivity contribution in [3.63, 3.8) is 0 Å². The summed E-state index contributed by atoms with van der Waals surface area (Å²) in [5, 5.41) is 5.44. The molecule has 0 atom stereocenters. The van der Waals surface area contributed by atoms with Gasteiger partial charge in [-0.3, -0.25) is 4.79 Å². The van der Waals surface area contributed by atoms with E-state index >= 15 is 0 Å². The second kappa shape index (κ2) is 6.16. The fourth-order valence-corrected chi connectivity index (χ4v) is 2.94. The van der Waals surface area contributed by atoms with Crippen LogP contribution in [0, 0.1) is 6.33 Å². The van der Waals surface area contributed by atoms with Gasteiger partial charge in [-0.05, 0) is 41.0 Å². The molecule has 1 heterocycles. The number of rotatable bonds is 4. The average molecular weight is 314 g/mol. The molecule has 0 aliphatic carbocycles. The van der Waals surface area contributed by atoms with Gasteiger partial charge in [0.2, 0.25) is 0 Å². The van der Waals surface area contributed by atoms with Crippen LogP contribution in [0.5, 0.6) is 0 Å². The molecule has 117 valence electrons. The lowest BCUT2D eigenvalue weighted by Gasteiger charge is -2.08. The lowest BCUT2D eigenvalue weighted by atomic mass is 10.0. The number of aromatic nitrogens is 2. The van der Waals surface area contributed by atoms with E-state index in [0.29, 0.717) is 12.1 Å². The topological polar surface area (TPSA) is 57.8 Å². The number of hydrogen-bond donors (Lipinski definition) is 2. The average Bonchev–Trinajstić information content (AvgIpc) is 3.09. The molecule has 0 spiro atoms. The summed E-state index contributed by atoms with van der Waals surface area (Å²) in [6.45, 7) is 0.595. The summed E-state index contributed by atoms with van der Waals surface area (Å²) in [5.74, 6) is -0.0832. The van der Waals surface area contributed by atoms with Crippen LogP contribution in [0.15, 0.2) is 60.7 Å². The minimum atomic E-state index is -0.0832. The lowest BCUT2D eigenvalue weighted by molar-refractivity contribution is 0.0954. The van der Waals surface area contributed by atoms with E-state index in [1.54, 1.807) is 12.1 Å². The van der Waals surface area contributed by atoms with Crippen LogP contribution in [0.3, 0.4) is 0 Å². The van der Waals surface area contributed by atoms with E-state index in [4.69, 9.17) is 0 Å². The van der Waals surface area contributed by atoms with Crippen molar-refractivity contribution in [2.75, 3.05) is 6.54 Å². The van der Waals surface area contributed by atoms with Crippen molar-refractivity contribution in [3.05, 3.63) is 78.1 Å². The molecule has 1 aromatic heterocycles. The molecule has 4 aromatic rings. The molecule has 4 heteroatoms. The number of nitrogens with zero attached hydrogens (tertiary/aromatic N) is 1. The summed E-state index contributed by atoms with van der Waals surface area (Å²) in [5.41, 5.74) is 3.48. The van der Waals surface area contributed by atoms with Gasteiger partial charge in [0.05, 0.1) is 11.0 Å². The van der Waals surface area contributed by atoms with Crippen molar-refractivity contribution in [1.82, 2.24) is 15.3 Å². The zero-order valence-electron chi connectivity index (χ0n) is 13.0. The molecule has 0 fully saturated rings. The molecule has 24 heavy (non-hydrogen) atoms.